The number of carbonyl (C=O) groups excluding carboxylic acids is 1. The Balaban J connectivity index is 2.00. The molecule has 0 saturated carbocycles. The first-order chi connectivity index (χ1) is 11.1. The van der Waals surface area contributed by atoms with Gasteiger partial charge in [-0.05, 0) is 36.1 Å². The molecule has 0 aliphatic heterocycles. The van der Waals surface area contributed by atoms with E-state index in [9.17, 15) is 9.59 Å². The lowest BCUT2D eigenvalue weighted by Gasteiger charge is -2.14. The zero-order valence-electron chi connectivity index (χ0n) is 12.8. The van der Waals surface area contributed by atoms with Gasteiger partial charge in [-0.1, -0.05) is 25.5 Å². The van der Waals surface area contributed by atoms with E-state index < -0.39 is 17.9 Å². The van der Waals surface area contributed by atoms with Gasteiger partial charge in [-0.25, -0.2) is 4.79 Å². The highest BCUT2D eigenvalue weighted by molar-refractivity contribution is 7.09. The van der Waals surface area contributed by atoms with Crippen LogP contribution in [0.25, 0.3) is 0 Å². The minimum absolute atomic E-state index is 0.385. The molecule has 0 aliphatic carbocycles. The van der Waals surface area contributed by atoms with Crippen LogP contribution in [0.2, 0.25) is 0 Å². The van der Waals surface area contributed by atoms with Crippen LogP contribution in [-0.2, 0) is 11.4 Å². The zero-order valence-corrected chi connectivity index (χ0v) is 13.6. The van der Waals surface area contributed by atoms with Gasteiger partial charge in [0.2, 0.25) is 0 Å². The Kier molecular flexibility index (Phi) is 6.17. The molecule has 1 amide bonds. The smallest absolute Gasteiger partial charge is 0.326 e. The summed E-state index contributed by atoms with van der Waals surface area (Å²) < 4.78 is 5.66. The van der Waals surface area contributed by atoms with Crippen molar-refractivity contribution < 1.29 is 19.4 Å². The molecular formula is C17H19NO4S. The van der Waals surface area contributed by atoms with E-state index in [1.165, 1.54) is 0 Å². The van der Waals surface area contributed by atoms with Crippen molar-refractivity contribution in [2.45, 2.75) is 32.4 Å². The van der Waals surface area contributed by atoms with E-state index >= 15 is 0 Å². The molecule has 1 aromatic carbocycles. The third-order valence-corrected chi connectivity index (χ3v) is 4.09. The van der Waals surface area contributed by atoms with Crippen molar-refractivity contribution >= 4 is 23.2 Å². The second-order valence-electron chi connectivity index (χ2n) is 5.05. The Morgan fingerprint density at radius 2 is 2.13 bits per heavy atom. The number of hydrogen-bond acceptors (Lipinski definition) is 4. The van der Waals surface area contributed by atoms with Gasteiger partial charge in [0.1, 0.15) is 18.4 Å². The van der Waals surface area contributed by atoms with Gasteiger partial charge >= 0.3 is 5.97 Å². The summed E-state index contributed by atoms with van der Waals surface area (Å²) >= 11 is 1.60. The third-order valence-electron chi connectivity index (χ3n) is 3.24. The van der Waals surface area contributed by atoms with E-state index in [0.717, 1.165) is 4.88 Å². The van der Waals surface area contributed by atoms with Gasteiger partial charge in [0.05, 0.1) is 0 Å². The number of carboxylic acids is 1. The molecule has 1 heterocycles. The van der Waals surface area contributed by atoms with Crippen LogP contribution in [0, 0.1) is 0 Å². The lowest BCUT2D eigenvalue weighted by atomic mass is 10.1. The maximum atomic E-state index is 12.2. The van der Waals surface area contributed by atoms with Gasteiger partial charge in [-0.3, -0.25) is 4.79 Å². The maximum Gasteiger partial charge on any atom is 0.326 e. The Morgan fingerprint density at radius 1 is 1.30 bits per heavy atom. The second kappa shape index (κ2) is 8.33. The molecular weight excluding hydrogens is 314 g/mol. The first-order valence-corrected chi connectivity index (χ1v) is 8.27. The molecule has 6 heteroatoms. The summed E-state index contributed by atoms with van der Waals surface area (Å²) in [6.07, 6.45) is 1.08. The Bertz CT molecular complexity index is 654. The number of rotatable bonds is 8. The van der Waals surface area contributed by atoms with Crippen LogP contribution in [0.1, 0.15) is 35.0 Å². The SMILES string of the molecule is CCCC(NC(=O)c1cccc(OCc2cccs2)c1)C(=O)O. The molecule has 0 fully saturated rings. The van der Waals surface area contributed by atoms with E-state index in [1.807, 2.05) is 24.4 Å². The standard InChI is InChI=1S/C17H19NO4S/c1-2-5-15(17(20)21)18-16(19)12-6-3-7-13(10-12)22-11-14-8-4-9-23-14/h3-4,6-10,15H,2,5,11H2,1H3,(H,18,19)(H,20,21). The average Bonchev–Trinajstić information content (AvgIpc) is 3.06. The third kappa shape index (κ3) is 5.10. The summed E-state index contributed by atoms with van der Waals surface area (Å²) in [7, 11) is 0. The normalized spacial score (nSPS) is 11.7. The summed E-state index contributed by atoms with van der Waals surface area (Å²) in [6.45, 7) is 2.32. The molecule has 2 rings (SSSR count). The van der Waals surface area contributed by atoms with Crippen molar-refractivity contribution in [3.8, 4) is 5.75 Å². The van der Waals surface area contributed by atoms with Crippen LogP contribution in [-0.4, -0.2) is 23.0 Å². The highest BCUT2D eigenvalue weighted by atomic mass is 32.1. The molecule has 5 nitrogen and oxygen atoms in total. The number of nitrogens with one attached hydrogen (secondary N) is 1. The van der Waals surface area contributed by atoms with Gasteiger partial charge in [0, 0.05) is 10.4 Å². The van der Waals surface area contributed by atoms with Crippen molar-refractivity contribution in [2.24, 2.45) is 0 Å². The molecule has 2 aromatic rings. The van der Waals surface area contributed by atoms with Crippen LogP contribution in [0.5, 0.6) is 5.75 Å². The average molecular weight is 333 g/mol. The van der Waals surface area contributed by atoms with E-state index in [2.05, 4.69) is 5.32 Å². The van der Waals surface area contributed by atoms with Crippen LogP contribution < -0.4 is 10.1 Å². The maximum absolute atomic E-state index is 12.2. The molecule has 0 bridgehead atoms. The molecule has 1 aromatic heterocycles. The monoisotopic (exact) mass is 333 g/mol. The van der Waals surface area contributed by atoms with E-state index in [4.69, 9.17) is 9.84 Å². The van der Waals surface area contributed by atoms with Crippen LogP contribution in [0.3, 0.4) is 0 Å². The van der Waals surface area contributed by atoms with Gasteiger partial charge in [0.15, 0.2) is 0 Å². The predicted molar refractivity (Wildman–Crippen MR) is 88.9 cm³/mol. The highest BCUT2D eigenvalue weighted by Crippen LogP contribution is 2.17. The van der Waals surface area contributed by atoms with Crippen LogP contribution in [0.15, 0.2) is 41.8 Å². The minimum atomic E-state index is -1.02. The van der Waals surface area contributed by atoms with Crippen molar-refractivity contribution in [2.75, 3.05) is 0 Å². The number of carbonyl (C=O) groups is 2. The Labute approximate surface area is 138 Å². The molecule has 1 unspecified atom stereocenters. The van der Waals surface area contributed by atoms with Crippen molar-refractivity contribution in [1.29, 1.82) is 0 Å². The van der Waals surface area contributed by atoms with E-state index in [1.54, 1.807) is 35.6 Å². The Morgan fingerprint density at radius 3 is 2.78 bits per heavy atom. The summed E-state index contributed by atoms with van der Waals surface area (Å²) in [5.74, 6) is -0.855. The molecule has 0 saturated heterocycles. The van der Waals surface area contributed by atoms with Gasteiger partial charge in [-0.15, -0.1) is 11.3 Å². The second-order valence-corrected chi connectivity index (χ2v) is 6.08. The topological polar surface area (TPSA) is 75.6 Å². The summed E-state index contributed by atoms with van der Waals surface area (Å²) in [4.78, 5) is 24.4. The fourth-order valence-corrected chi connectivity index (χ4v) is 2.68. The molecule has 1 atom stereocenters. The number of benzene rings is 1. The molecule has 2 N–H and O–H groups in total. The first kappa shape index (κ1) is 17.0. The molecule has 122 valence electrons. The summed E-state index contributed by atoms with van der Waals surface area (Å²) in [5, 5.41) is 13.6. The van der Waals surface area contributed by atoms with Crippen molar-refractivity contribution in [3.63, 3.8) is 0 Å². The minimum Gasteiger partial charge on any atom is -0.488 e. The largest absolute Gasteiger partial charge is 0.488 e. The fourth-order valence-electron chi connectivity index (χ4n) is 2.06. The lowest BCUT2D eigenvalue weighted by Crippen LogP contribution is -2.40. The van der Waals surface area contributed by atoms with Crippen molar-refractivity contribution in [3.05, 3.63) is 52.2 Å². The molecule has 0 spiro atoms. The van der Waals surface area contributed by atoms with Crippen LogP contribution in [0.4, 0.5) is 0 Å². The molecule has 0 radical (unpaired) electrons. The van der Waals surface area contributed by atoms with Gasteiger partial charge in [-0.2, -0.15) is 0 Å². The number of hydrogen-bond donors (Lipinski definition) is 2. The number of ether oxygens (including phenoxy) is 1. The number of carboxylic acid groups (broad SMARTS) is 1. The highest BCUT2D eigenvalue weighted by Gasteiger charge is 2.19. The first-order valence-electron chi connectivity index (χ1n) is 7.39. The summed E-state index contributed by atoms with van der Waals surface area (Å²) in [5.41, 5.74) is 0.385. The quantitative estimate of drug-likeness (QED) is 0.777. The number of amides is 1. The van der Waals surface area contributed by atoms with Crippen LogP contribution >= 0.6 is 11.3 Å². The molecule has 0 aliphatic rings. The van der Waals surface area contributed by atoms with Gasteiger partial charge < -0.3 is 15.2 Å². The fraction of sp³-hybridized carbons (Fsp3) is 0.294. The predicted octanol–water partition coefficient (Wildman–Crippen LogP) is 3.31. The van der Waals surface area contributed by atoms with E-state index in [-0.39, 0.29) is 0 Å². The Hall–Kier alpha value is -2.34. The van der Waals surface area contributed by atoms with Crippen molar-refractivity contribution in [1.82, 2.24) is 5.32 Å². The zero-order chi connectivity index (χ0) is 16.7. The number of aliphatic carboxylic acids is 1. The number of thiophene rings is 1. The lowest BCUT2D eigenvalue weighted by molar-refractivity contribution is -0.139. The van der Waals surface area contributed by atoms with E-state index in [0.29, 0.717) is 30.8 Å². The summed E-state index contributed by atoms with van der Waals surface area (Å²) in [6, 6.07) is 9.80. The van der Waals surface area contributed by atoms with Gasteiger partial charge in [0.25, 0.3) is 5.91 Å². The molecule has 23 heavy (non-hydrogen) atoms.